The first-order valence-electron chi connectivity index (χ1n) is 7.81. The summed E-state index contributed by atoms with van der Waals surface area (Å²) in [5.41, 5.74) is 0. The minimum absolute atomic E-state index is 0.313. The van der Waals surface area contributed by atoms with E-state index in [0.717, 1.165) is 37.6 Å². The van der Waals surface area contributed by atoms with Gasteiger partial charge >= 0.3 is 0 Å². The third-order valence-electron chi connectivity index (χ3n) is 5.17. The van der Waals surface area contributed by atoms with E-state index in [2.05, 4.69) is 25.8 Å². The molecular formula is C16H29NO. The molecule has 0 aromatic carbocycles. The largest absolute Gasteiger partial charge is 0.302 e. The molecule has 0 radical (unpaired) electrons. The summed E-state index contributed by atoms with van der Waals surface area (Å²) >= 11 is 0. The molecular weight excluding hydrogens is 222 g/mol. The van der Waals surface area contributed by atoms with Crippen molar-refractivity contribution in [2.45, 2.75) is 64.8 Å². The summed E-state index contributed by atoms with van der Waals surface area (Å²) < 4.78 is 0. The molecule has 2 nitrogen and oxygen atoms in total. The van der Waals surface area contributed by atoms with Crippen LogP contribution in [0.15, 0.2) is 0 Å². The molecule has 2 heteroatoms. The summed E-state index contributed by atoms with van der Waals surface area (Å²) in [5.74, 6) is 2.38. The van der Waals surface area contributed by atoms with E-state index in [9.17, 15) is 4.79 Å². The van der Waals surface area contributed by atoms with Crippen molar-refractivity contribution in [1.29, 1.82) is 0 Å². The molecule has 2 fully saturated rings. The van der Waals surface area contributed by atoms with Crippen molar-refractivity contribution in [3.63, 3.8) is 0 Å². The second kappa shape index (κ2) is 6.18. The Morgan fingerprint density at radius 1 is 1.17 bits per heavy atom. The zero-order chi connectivity index (χ0) is 13.1. The predicted molar refractivity (Wildman–Crippen MR) is 75.6 cm³/mol. The molecule has 4 unspecified atom stereocenters. The summed E-state index contributed by atoms with van der Waals surface area (Å²) in [6.07, 6.45) is 8.50. The van der Waals surface area contributed by atoms with Gasteiger partial charge in [0.15, 0.2) is 0 Å². The molecule has 0 N–H and O–H groups in total. The Hall–Kier alpha value is -0.370. The Balaban J connectivity index is 1.89. The van der Waals surface area contributed by atoms with Gasteiger partial charge in [-0.05, 0) is 44.6 Å². The highest BCUT2D eigenvalue weighted by Gasteiger charge is 2.31. The van der Waals surface area contributed by atoms with Crippen molar-refractivity contribution in [2.75, 3.05) is 13.6 Å². The van der Waals surface area contributed by atoms with Gasteiger partial charge in [0.25, 0.3) is 0 Å². The summed E-state index contributed by atoms with van der Waals surface area (Å²) in [6, 6.07) is 0.712. The molecule has 0 amide bonds. The number of Topliss-reactive ketones (excluding diaryl/α,β-unsaturated/α-hetero) is 1. The highest BCUT2D eigenvalue weighted by Crippen LogP contribution is 2.31. The molecule has 2 saturated carbocycles. The van der Waals surface area contributed by atoms with Crippen LogP contribution in [0.25, 0.3) is 0 Å². The standard InChI is InChI=1S/C16H29NO/c1-12-8-9-16(18)14(10-12)11-17(3)15-7-5-4-6-13(15)2/h12-15H,4-11H2,1-3H3. The van der Waals surface area contributed by atoms with E-state index in [0.29, 0.717) is 17.7 Å². The third kappa shape index (κ3) is 3.34. The smallest absolute Gasteiger partial charge is 0.137 e. The zero-order valence-corrected chi connectivity index (χ0v) is 12.3. The number of rotatable bonds is 3. The number of carbonyl (C=O) groups excluding carboxylic acids is 1. The van der Waals surface area contributed by atoms with Gasteiger partial charge < -0.3 is 4.90 Å². The monoisotopic (exact) mass is 251 g/mol. The van der Waals surface area contributed by atoms with E-state index >= 15 is 0 Å². The SMILES string of the molecule is CC1CCC(=O)C(CN(C)C2CCCCC2C)C1. The quantitative estimate of drug-likeness (QED) is 0.765. The van der Waals surface area contributed by atoms with E-state index < -0.39 is 0 Å². The molecule has 0 aliphatic heterocycles. The first kappa shape index (κ1) is 14.0. The van der Waals surface area contributed by atoms with Crippen LogP contribution in [-0.2, 0) is 4.79 Å². The highest BCUT2D eigenvalue weighted by molar-refractivity contribution is 5.81. The molecule has 0 spiro atoms. The van der Waals surface area contributed by atoms with E-state index in [-0.39, 0.29) is 0 Å². The lowest BCUT2D eigenvalue weighted by molar-refractivity contribution is -0.126. The molecule has 2 aliphatic carbocycles. The molecule has 4 atom stereocenters. The highest BCUT2D eigenvalue weighted by atomic mass is 16.1. The van der Waals surface area contributed by atoms with E-state index in [1.165, 1.54) is 25.7 Å². The van der Waals surface area contributed by atoms with Gasteiger partial charge in [0.05, 0.1) is 0 Å². The predicted octanol–water partition coefficient (Wildman–Crippen LogP) is 3.50. The maximum Gasteiger partial charge on any atom is 0.137 e. The van der Waals surface area contributed by atoms with Crippen LogP contribution in [0.4, 0.5) is 0 Å². The lowest BCUT2D eigenvalue weighted by atomic mass is 9.80. The summed E-state index contributed by atoms with van der Waals surface area (Å²) in [4.78, 5) is 14.5. The number of carbonyl (C=O) groups is 1. The van der Waals surface area contributed by atoms with Crippen molar-refractivity contribution in [3.8, 4) is 0 Å². The van der Waals surface area contributed by atoms with Gasteiger partial charge in [-0.1, -0.05) is 26.7 Å². The van der Waals surface area contributed by atoms with Crippen LogP contribution in [0.3, 0.4) is 0 Å². The minimum Gasteiger partial charge on any atom is -0.302 e. The Morgan fingerprint density at radius 2 is 1.89 bits per heavy atom. The van der Waals surface area contributed by atoms with Crippen molar-refractivity contribution in [2.24, 2.45) is 17.8 Å². The van der Waals surface area contributed by atoms with Crippen LogP contribution in [0.5, 0.6) is 0 Å². The van der Waals surface area contributed by atoms with Crippen molar-refractivity contribution in [1.82, 2.24) is 4.90 Å². The maximum absolute atomic E-state index is 12.0. The normalized spacial score (nSPS) is 38.1. The van der Waals surface area contributed by atoms with Crippen LogP contribution in [-0.4, -0.2) is 30.3 Å². The van der Waals surface area contributed by atoms with Gasteiger partial charge in [0.2, 0.25) is 0 Å². The number of ketones is 1. The number of hydrogen-bond acceptors (Lipinski definition) is 2. The minimum atomic E-state index is 0.313. The molecule has 0 heterocycles. The number of nitrogens with zero attached hydrogens (tertiary/aromatic N) is 1. The zero-order valence-electron chi connectivity index (χ0n) is 12.3. The number of hydrogen-bond donors (Lipinski definition) is 0. The van der Waals surface area contributed by atoms with Crippen molar-refractivity contribution >= 4 is 5.78 Å². The van der Waals surface area contributed by atoms with Gasteiger partial charge in [-0.25, -0.2) is 0 Å². The fourth-order valence-electron chi connectivity index (χ4n) is 3.94. The first-order valence-corrected chi connectivity index (χ1v) is 7.81. The van der Waals surface area contributed by atoms with Gasteiger partial charge in [-0.3, -0.25) is 4.79 Å². The van der Waals surface area contributed by atoms with Crippen LogP contribution < -0.4 is 0 Å². The van der Waals surface area contributed by atoms with Crippen LogP contribution in [0, 0.1) is 17.8 Å². The molecule has 104 valence electrons. The Bertz CT molecular complexity index is 289. The van der Waals surface area contributed by atoms with E-state index in [1.54, 1.807) is 0 Å². The van der Waals surface area contributed by atoms with E-state index in [1.807, 2.05) is 0 Å². The summed E-state index contributed by atoms with van der Waals surface area (Å²) in [6.45, 7) is 5.67. The second-order valence-corrected chi connectivity index (χ2v) is 6.81. The Kier molecular flexibility index (Phi) is 4.83. The molecule has 0 saturated heterocycles. The Morgan fingerprint density at radius 3 is 2.61 bits per heavy atom. The lowest BCUT2D eigenvalue weighted by Crippen LogP contribution is -2.43. The molecule has 0 bridgehead atoms. The van der Waals surface area contributed by atoms with Crippen molar-refractivity contribution < 1.29 is 4.79 Å². The molecule has 18 heavy (non-hydrogen) atoms. The van der Waals surface area contributed by atoms with Crippen LogP contribution >= 0.6 is 0 Å². The third-order valence-corrected chi connectivity index (χ3v) is 5.17. The average molecular weight is 251 g/mol. The van der Waals surface area contributed by atoms with E-state index in [4.69, 9.17) is 0 Å². The van der Waals surface area contributed by atoms with Crippen LogP contribution in [0.1, 0.15) is 58.8 Å². The fourth-order valence-corrected chi connectivity index (χ4v) is 3.94. The van der Waals surface area contributed by atoms with Gasteiger partial charge in [0, 0.05) is 24.9 Å². The van der Waals surface area contributed by atoms with Crippen molar-refractivity contribution in [3.05, 3.63) is 0 Å². The summed E-state index contributed by atoms with van der Waals surface area (Å²) in [7, 11) is 2.24. The molecule has 0 aromatic rings. The molecule has 0 aromatic heterocycles. The average Bonchev–Trinajstić information content (AvgIpc) is 2.34. The molecule has 2 aliphatic rings. The lowest BCUT2D eigenvalue weighted by Gasteiger charge is -2.39. The Labute approximate surface area is 112 Å². The van der Waals surface area contributed by atoms with Gasteiger partial charge in [-0.15, -0.1) is 0 Å². The van der Waals surface area contributed by atoms with Crippen LogP contribution in [0.2, 0.25) is 0 Å². The first-order chi connectivity index (χ1) is 8.58. The second-order valence-electron chi connectivity index (χ2n) is 6.81. The fraction of sp³-hybridized carbons (Fsp3) is 0.938. The maximum atomic E-state index is 12.0. The van der Waals surface area contributed by atoms with Gasteiger partial charge in [-0.2, -0.15) is 0 Å². The van der Waals surface area contributed by atoms with Gasteiger partial charge in [0.1, 0.15) is 5.78 Å². The summed E-state index contributed by atoms with van der Waals surface area (Å²) in [5, 5.41) is 0. The molecule has 2 rings (SSSR count). The topological polar surface area (TPSA) is 20.3 Å².